The fourth-order valence-electron chi connectivity index (χ4n) is 1.72. The Bertz CT molecular complexity index is 591. The molecule has 2 aromatic rings. The third-order valence-corrected chi connectivity index (χ3v) is 3.58. The Labute approximate surface area is 133 Å². The summed E-state index contributed by atoms with van der Waals surface area (Å²) in [5, 5.41) is 6.24. The molecular formula is C14H17ClFN3OS. The fourth-order valence-corrected chi connectivity index (χ4v) is 2.58. The molecule has 4 nitrogen and oxygen atoms in total. The quantitative estimate of drug-likeness (QED) is 0.857. The lowest BCUT2D eigenvalue weighted by Crippen LogP contribution is -2.18. The van der Waals surface area contributed by atoms with Gasteiger partial charge in [0.25, 0.3) is 0 Å². The predicted octanol–water partition coefficient (Wildman–Crippen LogP) is 2.84. The van der Waals surface area contributed by atoms with Crippen LogP contribution in [0.1, 0.15) is 16.9 Å². The van der Waals surface area contributed by atoms with Crippen molar-refractivity contribution in [1.82, 2.24) is 10.3 Å². The Morgan fingerprint density at radius 3 is 2.95 bits per heavy atom. The Morgan fingerprint density at radius 2 is 2.24 bits per heavy atom. The van der Waals surface area contributed by atoms with Crippen LogP contribution in [0.15, 0.2) is 30.5 Å². The molecular weight excluding hydrogens is 313 g/mol. The van der Waals surface area contributed by atoms with Crippen molar-refractivity contribution in [2.24, 2.45) is 0 Å². The molecule has 1 amide bonds. The average molecular weight is 330 g/mol. The van der Waals surface area contributed by atoms with Crippen LogP contribution >= 0.6 is 23.7 Å². The van der Waals surface area contributed by atoms with Gasteiger partial charge in [0.2, 0.25) is 5.91 Å². The molecule has 0 aliphatic rings. The largest absolute Gasteiger partial charge is 0.319 e. The molecule has 1 aromatic heterocycles. The lowest BCUT2D eigenvalue weighted by molar-refractivity contribution is -0.116. The summed E-state index contributed by atoms with van der Waals surface area (Å²) < 4.78 is 13.1. The number of nitrogens with zero attached hydrogens (tertiary/aromatic N) is 1. The summed E-state index contributed by atoms with van der Waals surface area (Å²) >= 11 is 1.41. The van der Waals surface area contributed by atoms with Crippen LogP contribution in [0.5, 0.6) is 0 Å². The Hall–Kier alpha value is -1.50. The number of rotatable bonds is 6. The van der Waals surface area contributed by atoms with Crippen molar-refractivity contribution < 1.29 is 9.18 Å². The molecule has 2 rings (SSSR count). The summed E-state index contributed by atoms with van der Waals surface area (Å²) in [4.78, 5) is 16.7. The van der Waals surface area contributed by atoms with Crippen molar-refractivity contribution in [3.05, 3.63) is 46.7 Å². The number of carbonyl (C=O) groups is 1. The molecule has 0 saturated carbocycles. The van der Waals surface area contributed by atoms with Crippen LogP contribution in [0, 0.1) is 5.82 Å². The van der Waals surface area contributed by atoms with Gasteiger partial charge in [-0.1, -0.05) is 12.1 Å². The molecule has 0 aliphatic carbocycles. The van der Waals surface area contributed by atoms with Crippen molar-refractivity contribution in [3.8, 4) is 0 Å². The molecule has 0 atom stereocenters. The van der Waals surface area contributed by atoms with E-state index in [1.165, 1.54) is 23.5 Å². The van der Waals surface area contributed by atoms with E-state index in [4.69, 9.17) is 0 Å². The van der Waals surface area contributed by atoms with Gasteiger partial charge in [-0.3, -0.25) is 4.79 Å². The van der Waals surface area contributed by atoms with Crippen LogP contribution in [0.2, 0.25) is 0 Å². The molecule has 7 heteroatoms. The first-order valence-corrected chi connectivity index (χ1v) is 7.12. The second kappa shape index (κ2) is 8.71. The van der Waals surface area contributed by atoms with Crippen molar-refractivity contribution in [3.63, 3.8) is 0 Å². The minimum absolute atomic E-state index is 0. The third-order valence-electron chi connectivity index (χ3n) is 2.67. The summed E-state index contributed by atoms with van der Waals surface area (Å²) in [6, 6.07) is 6.48. The second-order valence-electron chi connectivity index (χ2n) is 4.34. The van der Waals surface area contributed by atoms with E-state index in [-0.39, 0.29) is 24.1 Å². The molecule has 0 saturated heterocycles. The SMILES string of the molecule is CNCCC(=O)Nc1ncc(Cc2cccc(F)c2)s1.Cl. The molecule has 114 valence electrons. The number of carbonyl (C=O) groups excluding carboxylic acids is 1. The number of anilines is 1. The zero-order valence-electron chi connectivity index (χ0n) is 11.6. The lowest BCUT2D eigenvalue weighted by Gasteiger charge is -2.00. The van der Waals surface area contributed by atoms with Gasteiger partial charge in [0.15, 0.2) is 5.13 Å². The van der Waals surface area contributed by atoms with Crippen molar-refractivity contribution in [2.75, 3.05) is 18.9 Å². The second-order valence-corrected chi connectivity index (χ2v) is 5.46. The van der Waals surface area contributed by atoms with Gasteiger partial charge < -0.3 is 10.6 Å². The number of halogens is 2. The van der Waals surface area contributed by atoms with Crippen LogP contribution in [0.3, 0.4) is 0 Å². The first-order valence-electron chi connectivity index (χ1n) is 6.31. The molecule has 0 aliphatic heterocycles. The van der Waals surface area contributed by atoms with Gasteiger partial charge in [-0.15, -0.1) is 23.7 Å². The molecule has 21 heavy (non-hydrogen) atoms. The molecule has 0 bridgehead atoms. The fraction of sp³-hybridized carbons (Fsp3) is 0.286. The van der Waals surface area contributed by atoms with E-state index >= 15 is 0 Å². The van der Waals surface area contributed by atoms with E-state index in [1.807, 2.05) is 6.07 Å². The standard InChI is InChI=1S/C14H16FN3OS.ClH/c1-16-6-5-13(19)18-14-17-9-12(20-14)8-10-3-2-4-11(15)7-10;/h2-4,7,9,16H,5-6,8H2,1H3,(H,17,18,19);1H. The lowest BCUT2D eigenvalue weighted by atomic mass is 10.1. The summed E-state index contributed by atoms with van der Waals surface area (Å²) in [6.45, 7) is 0.632. The number of aromatic nitrogens is 1. The van der Waals surface area contributed by atoms with Gasteiger partial charge in [-0.25, -0.2) is 9.37 Å². The van der Waals surface area contributed by atoms with Gasteiger partial charge in [-0.05, 0) is 24.7 Å². The predicted molar refractivity (Wildman–Crippen MR) is 85.7 cm³/mol. The van der Waals surface area contributed by atoms with E-state index in [2.05, 4.69) is 15.6 Å². The number of benzene rings is 1. The van der Waals surface area contributed by atoms with Crippen molar-refractivity contribution >= 4 is 34.8 Å². The monoisotopic (exact) mass is 329 g/mol. The highest BCUT2D eigenvalue weighted by Gasteiger charge is 2.07. The maximum absolute atomic E-state index is 13.1. The summed E-state index contributed by atoms with van der Waals surface area (Å²) in [7, 11) is 1.80. The highest BCUT2D eigenvalue weighted by atomic mass is 35.5. The highest BCUT2D eigenvalue weighted by molar-refractivity contribution is 7.15. The van der Waals surface area contributed by atoms with E-state index in [1.54, 1.807) is 19.3 Å². The summed E-state index contributed by atoms with van der Waals surface area (Å²) in [6.07, 6.45) is 2.74. The first kappa shape index (κ1) is 17.6. The van der Waals surface area contributed by atoms with Crippen LogP contribution < -0.4 is 10.6 Å². The maximum atomic E-state index is 13.1. The number of hydrogen-bond donors (Lipinski definition) is 2. The summed E-state index contributed by atoms with van der Waals surface area (Å²) in [5.74, 6) is -0.307. The number of nitrogens with one attached hydrogen (secondary N) is 2. The van der Waals surface area contributed by atoms with Crippen LogP contribution in [0.25, 0.3) is 0 Å². The maximum Gasteiger partial charge on any atom is 0.227 e. The molecule has 0 radical (unpaired) electrons. The third kappa shape index (κ3) is 5.79. The molecule has 1 aromatic carbocycles. The number of amides is 1. The smallest absolute Gasteiger partial charge is 0.227 e. The minimum Gasteiger partial charge on any atom is -0.319 e. The average Bonchev–Trinajstić information content (AvgIpc) is 2.83. The topological polar surface area (TPSA) is 54.0 Å². The van der Waals surface area contributed by atoms with E-state index in [9.17, 15) is 9.18 Å². The summed E-state index contributed by atoms with van der Waals surface area (Å²) in [5.41, 5.74) is 0.890. The molecule has 2 N–H and O–H groups in total. The van der Waals surface area contributed by atoms with E-state index < -0.39 is 0 Å². The highest BCUT2D eigenvalue weighted by Crippen LogP contribution is 2.21. The van der Waals surface area contributed by atoms with Crippen molar-refractivity contribution in [1.29, 1.82) is 0 Å². The Balaban J connectivity index is 0.00000220. The van der Waals surface area contributed by atoms with Gasteiger partial charge >= 0.3 is 0 Å². The van der Waals surface area contributed by atoms with Gasteiger partial charge in [0, 0.05) is 30.5 Å². The van der Waals surface area contributed by atoms with Gasteiger partial charge in [-0.2, -0.15) is 0 Å². The van der Waals surface area contributed by atoms with Crippen LogP contribution in [-0.4, -0.2) is 24.5 Å². The minimum atomic E-state index is -0.243. The first-order chi connectivity index (χ1) is 9.67. The molecule has 0 fully saturated rings. The van der Waals surface area contributed by atoms with Gasteiger partial charge in [0.05, 0.1) is 0 Å². The van der Waals surface area contributed by atoms with E-state index in [0.29, 0.717) is 24.5 Å². The molecule has 0 unspecified atom stereocenters. The zero-order chi connectivity index (χ0) is 14.4. The van der Waals surface area contributed by atoms with Gasteiger partial charge in [0.1, 0.15) is 5.82 Å². The normalized spacial score (nSPS) is 10.0. The number of thiazole rings is 1. The Kier molecular flexibility index (Phi) is 7.28. The molecule has 1 heterocycles. The van der Waals surface area contributed by atoms with E-state index in [0.717, 1.165) is 10.4 Å². The van der Waals surface area contributed by atoms with Crippen LogP contribution in [0.4, 0.5) is 9.52 Å². The van der Waals surface area contributed by atoms with Crippen molar-refractivity contribution in [2.45, 2.75) is 12.8 Å². The Morgan fingerprint density at radius 1 is 1.43 bits per heavy atom. The van der Waals surface area contributed by atoms with Crippen LogP contribution in [-0.2, 0) is 11.2 Å². The zero-order valence-corrected chi connectivity index (χ0v) is 13.2. The number of hydrogen-bond acceptors (Lipinski definition) is 4. The molecule has 0 spiro atoms.